The summed E-state index contributed by atoms with van der Waals surface area (Å²) >= 11 is 0. The van der Waals surface area contributed by atoms with Gasteiger partial charge < -0.3 is 4.74 Å². The predicted molar refractivity (Wildman–Crippen MR) is 66.8 cm³/mol. The summed E-state index contributed by atoms with van der Waals surface area (Å²) in [6, 6.07) is 8.16. The van der Waals surface area contributed by atoms with E-state index in [1.54, 1.807) is 0 Å². The van der Waals surface area contributed by atoms with E-state index in [9.17, 15) is 0 Å². The Kier molecular flexibility index (Phi) is 3.76. The van der Waals surface area contributed by atoms with Gasteiger partial charge in [0.1, 0.15) is 5.75 Å². The summed E-state index contributed by atoms with van der Waals surface area (Å²) in [5.74, 6) is 0.941. The fourth-order valence-corrected chi connectivity index (χ4v) is 1.69. The summed E-state index contributed by atoms with van der Waals surface area (Å²) in [5.41, 5.74) is 0. The van der Waals surface area contributed by atoms with Gasteiger partial charge in [-0.1, -0.05) is 25.8 Å². The zero-order valence-electron chi connectivity index (χ0n) is 9.65. The van der Waals surface area contributed by atoms with E-state index in [2.05, 4.69) is 18.0 Å². The monoisotopic (exact) mass is 215 g/mol. The lowest BCUT2D eigenvalue weighted by Crippen LogP contribution is -1.96. The molecule has 2 aromatic rings. The summed E-state index contributed by atoms with van der Waals surface area (Å²) in [6.45, 7) is 3.00. The molecule has 0 bridgehead atoms. The molecule has 0 N–H and O–H groups in total. The smallest absolute Gasteiger partial charge is 0.119 e. The normalized spacial score (nSPS) is 10.6. The second-order valence-electron chi connectivity index (χ2n) is 3.94. The average Bonchev–Trinajstić information content (AvgIpc) is 2.34. The van der Waals surface area contributed by atoms with Crippen molar-refractivity contribution in [1.29, 1.82) is 0 Å². The second-order valence-corrected chi connectivity index (χ2v) is 3.94. The Balaban J connectivity index is 2.02. The third-order valence-corrected chi connectivity index (χ3v) is 2.63. The molecule has 0 unspecified atom stereocenters. The number of hydrogen-bond acceptors (Lipinski definition) is 2. The van der Waals surface area contributed by atoms with Crippen molar-refractivity contribution in [3.8, 4) is 5.75 Å². The molecular weight excluding hydrogens is 198 g/mol. The first-order chi connectivity index (χ1) is 7.90. The molecule has 0 atom stereocenters. The molecule has 1 heterocycles. The Hall–Kier alpha value is -1.57. The first-order valence-electron chi connectivity index (χ1n) is 5.87. The Bertz CT molecular complexity index is 453. The zero-order valence-corrected chi connectivity index (χ0v) is 9.65. The Labute approximate surface area is 96.3 Å². The molecule has 1 aromatic heterocycles. The van der Waals surface area contributed by atoms with Crippen LogP contribution in [0, 0.1) is 0 Å². The minimum Gasteiger partial charge on any atom is -0.494 e. The Morgan fingerprint density at radius 1 is 1.12 bits per heavy atom. The number of nitrogens with zero attached hydrogens (tertiary/aromatic N) is 1. The van der Waals surface area contributed by atoms with Crippen molar-refractivity contribution in [1.82, 2.24) is 4.98 Å². The van der Waals surface area contributed by atoms with Crippen LogP contribution in [0.1, 0.15) is 26.2 Å². The highest BCUT2D eigenvalue weighted by Crippen LogP contribution is 2.19. The number of benzene rings is 1. The molecule has 16 heavy (non-hydrogen) atoms. The van der Waals surface area contributed by atoms with Crippen LogP contribution in [0.15, 0.2) is 36.7 Å². The summed E-state index contributed by atoms with van der Waals surface area (Å²) in [7, 11) is 0. The van der Waals surface area contributed by atoms with Gasteiger partial charge in [-0.2, -0.15) is 0 Å². The number of aromatic nitrogens is 1. The molecule has 0 saturated heterocycles. The van der Waals surface area contributed by atoms with E-state index in [0.717, 1.165) is 24.2 Å². The van der Waals surface area contributed by atoms with Gasteiger partial charge in [-0.15, -0.1) is 0 Å². The molecule has 0 spiro atoms. The van der Waals surface area contributed by atoms with Crippen LogP contribution in [-0.2, 0) is 0 Å². The Morgan fingerprint density at radius 3 is 2.94 bits per heavy atom. The van der Waals surface area contributed by atoms with Gasteiger partial charge in [0.15, 0.2) is 0 Å². The van der Waals surface area contributed by atoms with Gasteiger partial charge in [0, 0.05) is 17.8 Å². The van der Waals surface area contributed by atoms with Crippen LogP contribution >= 0.6 is 0 Å². The summed E-state index contributed by atoms with van der Waals surface area (Å²) in [5, 5.41) is 2.34. The second kappa shape index (κ2) is 5.50. The van der Waals surface area contributed by atoms with E-state index in [-0.39, 0.29) is 0 Å². The SMILES string of the molecule is CCCCCOc1ccc2ccncc2c1. The molecule has 1 aromatic carbocycles. The van der Waals surface area contributed by atoms with Crippen LogP contribution in [0.2, 0.25) is 0 Å². The number of rotatable bonds is 5. The van der Waals surface area contributed by atoms with Crippen molar-refractivity contribution in [3.05, 3.63) is 36.7 Å². The molecule has 0 aliphatic carbocycles. The van der Waals surface area contributed by atoms with Crippen molar-refractivity contribution in [3.63, 3.8) is 0 Å². The molecule has 2 heteroatoms. The first kappa shape index (κ1) is 10.9. The largest absolute Gasteiger partial charge is 0.494 e. The minimum atomic E-state index is 0.805. The molecule has 0 radical (unpaired) electrons. The summed E-state index contributed by atoms with van der Waals surface area (Å²) < 4.78 is 5.69. The Morgan fingerprint density at radius 2 is 2.06 bits per heavy atom. The number of fused-ring (bicyclic) bond motifs is 1. The number of ether oxygens (including phenoxy) is 1. The van der Waals surface area contributed by atoms with Crippen LogP contribution in [0.5, 0.6) is 5.75 Å². The highest BCUT2D eigenvalue weighted by Gasteiger charge is 1.96. The lowest BCUT2D eigenvalue weighted by atomic mass is 10.2. The molecule has 0 saturated carbocycles. The van der Waals surface area contributed by atoms with Gasteiger partial charge in [0.05, 0.1) is 6.61 Å². The standard InChI is InChI=1S/C14H17NO/c1-2-3-4-9-16-14-6-5-12-7-8-15-11-13(12)10-14/h5-8,10-11H,2-4,9H2,1H3. The van der Waals surface area contributed by atoms with Crippen LogP contribution < -0.4 is 4.74 Å². The summed E-state index contributed by atoms with van der Waals surface area (Å²) in [4.78, 5) is 4.11. The van der Waals surface area contributed by atoms with Gasteiger partial charge in [-0.3, -0.25) is 4.98 Å². The maximum Gasteiger partial charge on any atom is 0.119 e. The maximum atomic E-state index is 5.69. The fraction of sp³-hybridized carbons (Fsp3) is 0.357. The van der Waals surface area contributed by atoms with Crippen molar-refractivity contribution in [2.75, 3.05) is 6.61 Å². The van der Waals surface area contributed by atoms with Gasteiger partial charge in [-0.05, 0) is 30.0 Å². The minimum absolute atomic E-state index is 0.805. The fourth-order valence-electron chi connectivity index (χ4n) is 1.69. The lowest BCUT2D eigenvalue weighted by molar-refractivity contribution is 0.306. The average molecular weight is 215 g/mol. The molecule has 0 aliphatic rings. The molecular formula is C14H17NO. The topological polar surface area (TPSA) is 22.1 Å². The van der Waals surface area contributed by atoms with E-state index in [0.29, 0.717) is 0 Å². The van der Waals surface area contributed by atoms with E-state index in [1.165, 1.54) is 18.2 Å². The van der Waals surface area contributed by atoms with Gasteiger partial charge in [0.25, 0.3) is 0 Å². The van der Waals surface area contributed by atoms with Crippen LogP contribution in [0.25, 0.3) is 10.8 Å². The van der Waals surface area contributed by atoms with Gasteiger partial charge >= 0.3 is 0 Å². The third kappa shape index (κ3) is 2.72. The number of unbranched alkanes of at least 4 members (excludes halogenated alkanes) is 2. The van der Waals surface area contributed by atoms with E-state index >= 15 is 0 Å². The first-order valence-corrected chi connectivity index (χ1v) is 5.87. The molecule has 0 aliphatic heterocycles. The molecule has 2 rings (SSSR count). The third-order valence-electron chi connectivity index (χ3n) is 2.63. The van der Waals surface area contributed by atoms with Gasteiger partial charge in [0.2, 0.25) is 0 Å². The van der Waals surface area contributed by atoms with Crippen LogP contribution in [0.3, 0.4) is 0 Å². The quantitative estimate of drug-likeness (QED) is 0.708. The van der Waals surface area contributed by atoms with Crippen LogP contribution in [0.4, 0.5) is 0 Å². The van der Waals surface area contributed by atoms with Crippen molar-refractivity contribution in [2.45, 2.75) is 26.2 Å². The van der Waals surface area contributed by atoms with Crippen molar-refractivity contribution in [2.24, 2.45) is 0 Å². The highest BCUT2D eigenvalue weighted by atomic mass is 16.5. The van der Waals surface area contributed by atoms with E-state index in [1.807, 2.05) is 30.6 Å². The zero-order chi connectivity index (χ0) is 11.2. The van der Waals surface area contributed by atoms with Crippen LogP contribution in [-0.4, -0.2) is 11.6 Å². The predicted octanol–water partition coefficient (Wildman–Crippen LogP) is 3.80. The van der Waals surface area contributed by atoms with E-state index in [4.69, 9.17) is 4.74 Å². The van der Waals surface area contributed by atoms with Crippen molar-refractivity contribution < 1.29 is 4.74 Å². The molecule has 2 nitrogen and oxygen atoms in total. The summed E-state index contributed by atoms with van der Waals surface area (Å²) in [6.07, 6.45) is 7.26. The highest BCUT2D eigenvalue weighted by molar-refractivity contribution is 5.82. The molecule has 84 valence electrons. The molecule has 0 amide bonds. The number of hydrogen-bond donors (Lipinski definition) is 0. The van der Waals surface area contributed by atoms with Crippen molar-refractivity contribution >= 4 is 10.8 Å². The maximum absolute atomic E-state index is 5.69. The van der Waals surface area contributed by atoms with Gasteiger partial charge in [-0.25, -0.2) is 0 Å². The molecule has 0 fully saturated rings. The number of pyridine rings is 1. The van der Waals surface area contributed by atoms with E-state index < -0.39 is 0 Å². The lowest BCUT2D eigenvalue weighted by Gasteiger charge is -2.06.